The summed E-state index contributed by atoms with van der Waals surface area (Å²) in [5.41, 5.74) is 6.13. The van der Waals surface area contributed by atoms with Crippen LogP contribution in [0.4, 0.5) is 0 Å². The smallest absolute Gasteiger partial charge is 0.393 e. The highest BCUT2D eigenvalue weighted by molar-refractivity contribution is 7.80. The third-order valence-electron chi connectivity index (χ3n) is 14.1. The third kappa shape index (κ3) is 10.2. The molecule has 4 fully saturated rings. The van der Waals surface area contributed by atoms with Crippen LogP contribution >= 0.6 is 0 Å². The molecule has 6 N–H and O–H groups in total. The molecule has 4 aliphatic carbocycles. The number of nitrogens with two attached hydrogens (primary N) is 1. The summed E-state index contributed by atoms with van der Waals surface area (Å²) in [7, 11) is -4.46. The molecule has 47 heavy (non-hydrogen) atoms. The molecule has 4 rings (SSSR count). The van der Waals surface area contributed by atoms with Gasteiger partial charge in [-0.3, -0.25) is 4.55 Å². The average molecular weight is 684 g/mol. The predicted molar refractivity (Wildman–Crippen MR) is 192 cm³/mol. The van der Waals surface area contributed by atoms with Crippen molar-refractivity contribution < 1.29 is 22.3 Å². The second kappa shape index (κ2) is 17.8. The molecule has 11 atom stereocenters. The zero-order valence-electron chi connectivity index (χ0n) is 30.7. The summed E-state index contributed by atoms with van der Waals surface area (Å²) in [5, 5.41) is 19.4. The highest BCUT2D eigenvalue weighted by Crippen LogP contribution is 2.68. The van der Waals surface area contributed by atoms with E-state index in [4.69, 9.17) is 9.92 Å². The lowest BCUT2D eigenvalue weighted by Gasteiger charge is -2.62. The summed E-state index contributed by atoms with van der Waals surface area (Å²) < 4.78 is 37.2. The molecule has 4 saturated carbocycles. The first-order chi connectivity index (χ1) is 22.3. The Bertz CT molecular complexity index is 1040. The fraction of sp³-hybridized carbons (Fsp3) is 1.00. The van der Waals surface area contributed by atoms with E-state index in [9.17, 15) is 18.1 Å². The Balaban J connectivity index is 1.23. The molecule has 0 aromatic carbocycles. The van der Waals surface area contributed by atoms with Crippen LogP contribution < -0.4 is 16.4 Å². The van der Waals surface area contributed by atoms with Gasteiger partial charge in [0.25, 0.3) is 0 Å². The molecule has 6 unspecified atom stereocenters. The highest BCUT2D eigenvalue weighted by Gasteiger charge is 2.62. The van der Waals surface area contributed by atoms with Crippen LogP contribution in [0.2, 0.25) is 0 Å². The minimum Gasteiger partial charge on any atom is -0.393 e. The van der Waals surface area contributed by atoms with E-state index in [1.54, 1.807) is 0 Å². The largest absolute Gasteiger partial charge is 0.397 e. The monoisotopic (exact) mass is 684 g/mol. The Morgan fingerprint density at radius 1 is 0.830 bits per heavy atom. The summed E-state index contributed by atoms with van der Waals surface area (Å²) >= 11 is 0. The fourth-order valence-corrected chi connectivity index (χ4v) is 12.0. The molecular weight excluding hydrogens is 611 g/mol. The zero-order valence-corrected chi connectivity index (χ0v) is 31.5. The van der Waals surface area contributed by atoms with Gasteiger partial charge in [0.05, 0.1) is 12.2 Å². The van der Waals surface area contributed by atoms with Crippen LogP contribution in [0.25, 0.3) is 0 Å². The molecule has 9 heteroatoms. The van der Waals surface area contributed by atoms with E-state index in [0.29, 0.717) is 53.4 Å². The minimum atomic E-state index is -4.46. The van der Waals surface area contributed by atoms with Gasteiger partial charge in [0.1, 0.15) is 0 Å². The van der Waals surface area contributed by atoms with E-state index in [1.165, 1.54) is 89.9 Å². The SMILES string of the molecule is CC(C)C(CC[C@@H](C)C1CCC2C3C(O)C[C@H]4C[C@@H](NCCCNCCCCCCCCN)CC[C@]4(C)C3CC[C@@]21C)OS(=O)(=O)O. The molecule has 0 aromatic rings. The van der Waals surface area contributed by atoms with Gasteiger partial charge in [-0.1, -0.05) is 60.3 Å². The summed E-state index contributed by atoms with van der Waals surface area (Å²) in [4.78, 5) is 0. The van der Waals surface area contributed by atoms with E-state index in [0.717, 1.165) is 39.0 Å². The second-order valence-corrected chi connectivity index (χ2v) is 18.4. The van der Waals surface area contributed by atoms with Crippen LogP contribution in [0.15, 0.2) is 0 Å². The summed E-state index contributed by atoms with van der Waals surface area (Å²) in [5.74, 6) is 3.22. The van der Waals surface area contributed by atoms with Gasteiger partial charge < -0.3 is 21.5 Å². The molecule has 0 bridgehead atoms. The van der Waals surface area contributed by atoms with Crippen molar-refractivity contribution in [3.05, 3.63) is 0 Å². The number of fused-ring (bicyclic) bond motifs is 5. The van der Waals surface area contributed by atoms with E-state index < -0.39 is 16.5 Å². The molecule has 0 radical (unpaired) electrons. The maximum Gasteiger partial charge on any atom is 0.397 e. The lowest BCUT2D eigenvalue weighted by Crippen LogP contribution is -2.59. The van der Waals surface area contributed by atoms with E-state index >= 15 is 0 Å². The first-order valence-corrected chi connectivity index (χ1v) is 21.1. The minimum absolute atomic E-state index is 0.0154. The zero-order chi connectivity index (χ0) is 34.2. The molecule has 0 heterocycles. The molecule has 0 aromatic heterocycles. The van der Waals surface area contributed by atoms with Crippen LogP contribution in [-0.4, -0.2) is 62.5 Å². The quantitative estimate of drug-likeness (QED) is 0.0677. The predicted octanol–water partition coefficient (Wildman–Crippen LogP) is 7.11. The normalized spacial score (nSPS) is 36.9. The number of unbranched alkanes of at least 4 members (excludes halogenated alkanes) is 5. The number of hydrogen-bond acceptors (Lipinski definition) is 7. The summed E-state index contributed by atoms with van der Waals surface area (Å²) in [6.45, 7) is 15.5. The van der Waals surface area contributed by atoms with E-state index in [2.05, 4.69) is 31.4 Å². The molecule has 0 saturated heterocycles. The van der Waals surface area contributed by atoms with Gasteiger partial charge in [-0.15, -0.1) is 0 Å². The van der Waals surface area contributed by atoms with Crippen LogP contribution in [0.1, 0.15) is 144 Å². The molecular formula is C38H73N3O5S. The van der Waals surface area contributed by atoms with Gasteiger partial charge in [-0.2, -0.15) is 8.42 Å². The Kier molecular flexibility index (Phi) is 14.9. The number of aliphatic hydroxyl groups excluding tert-OH is 1. The van der Waals surface area contributed by atoms with E-state index in [1.807, 2.05) is 13.8 Å². The van der Waals surface area contributed by atoms with Crippen LogP contribution in [0.3, 0.4) is 0 Å². The van der Waals surface area contributed by atoms with Gasteiger partial charge in [0, 0.05) is 6.04 Å². The molecule has 0 spiro atoms. The van der Waals surface area contributed by atoms with Crippen LogP contribution in [0.5, 0.6) is 0 Å². The van der Waals surface area contributed by atoms with E-state index in [-0.39, 0.29) is 17.4 Å². The number of aliphatic hydroxyl groups is 1. The Morgan fingerprint density at radius 3 is 2.19 bits per heavy atom. The number of rotatable bonds is 20. The molecule has 0 amide bonds. The van der Waals surface area contributed by atoms with Gasteiger partial charge in [0.15, 0.2) is 0 Å². The highest BCUT2D eigenvalue weighted by atomic mass is 32.3. The van der Waals surface area contributed by atoms with Crippen molar-refractivity contribution >= 4 is 10.4 Å². The molecule has 4 aliphatic rings. The first kappa shape index (κ1) is 39.5. The van der Waals surface area contributed by atoms with Crippen molar-refractivity contribution in [3.8, 4) is 0 Å². The maximum atomic E-state index is 11.8. The van der Waals surface area contributed by atoms with Gasteiger partial charge in [-0.05, 0) is 162 Å². The van der Waals surface area contributed by atoms with Crippen LogP contribution in [0, 0.1) is 52.3 Å². The lowest BCUT2D eigenvalue weighted by atomic mass is 9.43. The number of hydrogen-bond donors (Lipinski definition) is 5. The second-order valence-electron chi connectivity index (χ2n) is 17.3. The van der Waals surface area contributed by atoms with Crippen molar-refractivity contribution in [2.24, 2.45) is 58.0 Å². The van der Waals surface area contributed by atoms with Crippen molar-refractivity contribution in [2.75, 3.05) is 26.2 Å². The van der Waals surface area contributed by atoms with Crippen molar-refractivity contribution in [3.63, 3.8) is 0 Å². The summed E-state index contributed by atoms with van der Waals surface area (Å²) in [6, 6.07) is 0.579. The van der Waals surface area contributed by atoms with Crippen molar-refractivity contribution in [1.29, 1.82) is 0 Å². The van der Waals surface area contributed by atoms with Crippen LogP contribution in [-0.2, 0) is 14.6 Å². The van der Waals surface area contributed by atoms with Gasteiger partial charge >= 0.3 is 10.4 Å². The molecule has 8 nitrogen and oxygen atoms in total. The molecule has 0 aliphatic heterocycles. The standard InChI is InChI=1S/C38H73N3O5S/c1-27(2)35(46-47(43,44)45)16-13-28(3)31-14-15-32-36-33(18-20-38(31,32)5)37(4)19-17-30(25-29(37)26-34(36)42)41-24-12-23-40-22-11-9-7-6-8-10-21-39/h27-36,40-42H,6-26,39H2,1-5H3,(H,43,44,45)/t28-,29-,30+,31?,32?,33?,34?,35?,36?,37+,38-/m1/s1. The Labute approximate surface area is 288 Å². The van der Waals surface area contributed by atoms with Crippen molar-refractivity contribution in [1.82, 2.24) is 10.6 Å². The third-order valence-corrected chi connectivity index (χ3v) is 14.6. The topological polar surface area (TPSA) is 134 Å². The Hall–Kier alpha value is -0.290. The Morgan fingerprint density at radius 2 is 1.49 bits per heavy atom. The first-order valence-electron chi connectivity index (χ1n) is 19.8. The van der Waals surface area contributed by atoms with Gasteiger partial charge in [-0.25, -0.2) is 4.18 Å². The lowest BCUT2D eigenvalue weighted by molar-refractivity contribution is -0.167. The molecule has 276 valence electrons. The number of nitrogens with one attached hydrogen (secondary N) is 2. The fourth-order valence-electron chi connectivity index (χ4n) is 11.4. The van der Waals surface area contributed by atoms with Gasteiger partial charge in [0.2, 0.25) is 0 Å². The van der Waals surface area contributed by atoms with Crippen molar-refractivity contribution in [2.45, 2.75) is 162 Å². The maximum absolute atomic E-state index is 11.8. The average Bonchev–Trinajstić information content (AvgIpc) is 3.36. The summed E-state index contributed by atoms with van der Waals surface area (Å²) in [6.07, 6.45) is 19.3.